The van der Waals surface area contributed by atoms with E-state index in [2.05, 4.69) is 33.2 Å². The van der Waals surface area contributed by atoms with Crippen LogP contribution in [0, 0.1) is 0 Å². The molecule has 2 heterocycles. The van der Waals surface area contributed by atoms with Gasteiger partial charge in [-0.3, -0.25) is 4.98 Å². The van der Waals surface area contributed by atoms with E-state index in [1.54, 1.807) is 12.5 Å². The van der Waals surface area contributed by atoms with Crippen LogP contribution >= 0.6 is 0 Å². The third-order valence-corrected chi connectivity index (χ3v) is 2.65. The van der Waals surface area contributed by atoms with Gasteiger partial charge in [-0.25, -0.2) is 4.98 Å². The second-order valence-corrected chi connectivity index (χ2v) is 3.79. The van der Waals surface area contributed by atoms with Crippen LogP contribution in [0.1, 0.15) is 0 Å². The van der Waals surface area contributed by atoms with Gasteiger partial charge in [0.25, 0.3) is 0 Å². The molecule has 17 heavy (non-hydrogen) atoms. The Bertz CT molecular complexity index is 600. The molecule has 0 aliphatic heterocycles. The number of pyridine rings is 1. The Morgan fingerprint density at radius 2 is 1.59 bits per heavy atom. The molecule has 3 heteroatoms. The second-order valence-electron chi connectivity index (χ2n) is 3.79. The smallest absolute Gasteiger partial charge is 0.0924 e. The molecule has 0 saturated carbocycles. The van der Waals surface area contributed by atoms with E-state index >= 15 is 0 Å². The maximum Gasteiger partial charge on any atom is 0.0924 e. The number of imidazole rings is 1. The largest absolute Gasteiger partial charge is 0.345 e. The zero-order chi connectivity index (χ0) is 11.5. The Kier molecular flexibility index (Phi) is 2.43. The van der Waals surface area contributed by atoms with Gasteiger partial charge >= 0.3 is 0 Å². The van der Waals surface area contributed by atoms with Crippen LogP contribution in [0.2, 0.25) is 0 Å². The Morgan fingerprint density at radius 1 is 0.765 bits per heavy atom. The molecule has 0 radical (unpaired) electrons. The Balaban J connectivity index is 2.06. The number of benzene rings is 1. The minimum atomic E-state index is 0.982. The average molecular weight is 221 g/mol. The fraction of sp³-hybridized carbons (Fsp3) is 0. The van der Waals surface area contributed by atoms with Gasteiger partial charge in [0.05, 0.1) is 18.2 Å². The summed E-state index contributed by atoms with van der Waals surface area (Å²) in [6.45, 7) is 0. The number of nitrogens with zero attached hydrogens (tertiary/aromatic N) is 2. The highest BCUT2D eigenvalue weighted by molar-refractivity contribution is 5.69. The second kappa shape index (κ2) is 4.22. The minimum Gasteiger partial charge on any atom is -0.345 e. The van der Waals surface area contributed by atoms with Gasteiger partial charge in [-0.2, -0.15) is 0 Å². The quantitative estimate of drug-likeness (QED) is 0.722. The first-order chi connectivity index (χ1) is 8.43. The van der Waals surface area contributed by atoms with Crippen molar-refractivity contribution < 1.29 is 0 Å². The minimum absolute atomic E-state index is 0.982. The molecule has 3 rings (SSSR count). The van der Waals surface area contributed by atoms with E-state index in [4.69, 9.17) is 0 Å². The van der Waals surface area contributed by atoms with Crippen LogP contribution in [0.3, 0.4) is 0 Å². The highest BCUT2D eigenvalue weighted by Crippen LogP contribution is 2.23. The Labute approximate surface area is 99.2 Å². The van der Waals surface area contributed by atoms with Crippen molar-refractivity contribution >= 4 is 0 Å². The van der Waals surface area contributed by atoms with Gasteiger partial charge in [-0.15, -0.1) is 0 Å². The fourth-order valence-corrected chi connectivity index (χ4v) is 1.79. The van der Waals surface area contributed by atoms with E-state index < -0.39 is 0 Å². The lowest BCUT2D eigenvalue weighted by Gasteiger charge is -2.03. The van der Waals surface area contributed by atoms with Gasteiger partial charge in [0.2, 0.25) is 0 Å². The van der Waals surface area contributed by atoms with Crippen molar-refractivity contribution in [3.05, 3.63) is 61.3 Å². The number of hydrogen-bond acceptors (Lipinski definition) is 2. The van der Waals surface area contributed by atoms with Crippen molar-refractivity contribution in [3.63, 3.8) is 0 Å². The molecule has 3 nitrogen and oxygen atoms in total. The number of nitrogens with one attached hydrogen (secondary N) is 1. The van der Waals surface area contributed by atoms with Crippen LogP contribution in [-0.4, -0.2) is 15.0 Å². The summed E-state index contributed by atoms with van der Waals surface area (Å²) in [5.74, 6) is 0. The van der Waals surface area contributed by atoms with Gasteiger partial charge in [-0.1, -0.05) is 30.3 Å². The summed E-state index contributed by atoms with van der Waals surface area (Å²) in [6.07, 6.45) is 7.17. The molecule has 1 aromatic carbocycles. The van der Waals surface area contributed by atoms with Crippen LogP contribution in [-0.2, 0) is 0 Å². The molecular weight excluding hydrogens is 210 g/mol. The number of H-pyrrole nitrogens is 1. The highest BCUT2D eigenvalue weighted by Gasteiger charge is 2.02. The third kappa shape index (κ3) is 1.95. The molecule has 0 amide bonds. The SMILES string of the molecule is c1ccc(-c2cncc(-c3cnc[nH]3)c2)cc1. The summed E-state index contributed by atoms with van der Waals surface area (Å²) in [6, 6.07) is 12.3. The lowest BCUT2D eigenvalue weighted by Crippen LogP contribution is -1.83. The van der Waals surface area contributed by atoms with Crippen LogP contribution in [0.5, 0.6) is 0 Å². The third-order valence-electron chi connectivity index (χ3n) is 2.65. The van der Waals surface area contributed by atoms with Gasteiger partial charge in [-0.05, 0) is 11.6 Å². The van der Waals surface area contributed by atoms with Gasteiger partial charge in [0.1, 0.15) is 0 Å². The number of aromatic amines is 1. The van der Waals surface area contributed by atoms with Crippen LogP contribution in [0.25, 0.3) is 22.4 Å². The summed E-state index contributed by atoms with van der Waals surface area (Å²) in [4.78, 5) is 11.4. The van der Waals surface area contributed by atoms with Gasteiger partial charge in [0, 0.05) is 23.5 Å². The Morgan fingerprint density at radius 3 is 2.35 bits per heavy atom. The van der Waals surface area contributed by atoms with Crippen molar-refractivity contribution in [2.75, 3.05) is 0 Å². The van der Waals surface area contributed by atoms with E-state index in [-0.39, 0.29) is 0 Å². The molecule has 82 valence electrons. The molecule has 1 N–H and O–H groups in total. The number of aromatic nitrogens is 3. The molecule has 0 unspecified atom stereocenters. The monoisotopic (exact) mass is 221 g/mol. The first-order valence-corrected chi connectivity index (χ1v) is 5.43. The fourth-order valence-electron chi connectivity index (χ4n) is 1.79. The highest BCUT2D eigenvalue weighted by atomic mass is 14.9. The topological polar surface area (TPSA) is 41.6 Å². The molecule has 3 aromatic rings. The summed E-state index contributed by atoms with van der Waals surface area (Å²) >= 11 is 0. The molecule has 0 atom stereocenters. The molecule has 0 saturated heterocycles. The van der Waals surface area contributed by atoms with E-state index in [0.717, 1.165) is 16.8 Å². The molecule has 0 aliphatic rings. The summed E-state index contributed by atoms with van der Waals surface area (Å²) < 4.78 is 0. The summed E-state index contributed by atoms with van der Waals surface area (Å²) in [5.41, 5.74) is 4.30. The number of hydrogen-bond donors (Lipinski definition) is 1. The summed E-state index contributed by atoms with van der Waals surface area (Å²) in [7, 11) is 0. The van der Waals surface area contributed by atoms with E-state index in [9.17, 15) is 0 Å². The molecule has 0 fully saturated rings. The van der Waals surface area contributed by atoms with E-state index in [1.807, 2.05) is 30.6 Å². The maximum atomic E-state index is 4.27. The van der Waals surface area contributed by atoms with Crippen LogP contribution in [0.4, 0.5) is 0 Å². The average Bonchev–Trinajstić information content (AvgIpc) is 2.94. The maximum absolute atomic E-state index is 4.27. The molecule has 0 spiro atoms. The zero-order valence-corrected chi connectivity index (χ0v) is 9.17. The standard InChI is InChI=1S/C14H11N3/c1-2-4-11(5-3-1)12-6-13(8-15-7-12)14-9-16-10-17-14/h1-10H,(H,16,17). The normalized spacial score (nSPS) is 10.4. The van der Waals surface area contributed by atoms with E-state index in [0.29, 0.717) is 0 Å². The lowest BCUT2D eigenvalue weighted by atomic mass is 10.1. The zero-order valence-electron chi connectivity index (χ0n) is 9.17. The number of rotatable bonds is 2. The van der Waals surface area contributed by atoms with Gasteiger partial charge in [0.15, 0.2) is 0 Å². The Hall–Kier alpha value is -2.42. The predicted octanol–water partition coefficient (Wildman–Crippen LogP) is 3.14. The van der Waals surface area contributed by atoms with Crippen molar-refractivity contribution in [2.24, 2.45) is 0 Å². The van der Waals surface area contributed by atoms with Crippen molar-refractivity contribution in [1.29, 1.82) is 0 Å². The first-order valence-electron chi connectivity index (χ1n) is 5.43. The van der Waals surface area contributed by atoms with Crippen molar-refractivity contribution in [2.45, 2.75) is 0 Å². The first kappa shape index (κ1) is 9.78. The van der Waals surface area contributed by atoms with E-state index in [1.165, 1.54) is 5.56 Å². The molecular formula is C14H11N3. The van der Waals surface area contributed by atoms with Crippen molar-refractivity contribution in [1.82, 2.24) is 15.0 Å². The van der Waals surface area contributed by atoms with Crippen molar-refractivity contribution in [3.8, 4) is 22.4 Å². The summed E-state index contributed by atoms with van der Waals surface area (Å²) in [5, 5.41) is 0. The van der Waals surface area contributed by atoms with Gasteiger partial charge < -0.3 is 4.98 Å². The van der Waals surface area contributed by atoms with Crippen LogP contribution in [0.15, 0.2) is 61.3 Å². The lowest BCUT2D eigenvalue weighted by molar-refractivity contribution is 1.29. The molecule has 2 aromatic heterocycles. The van der Waals surface area contributed by atoms with Crippen LogP contribution < -0.4 is 0 Å². The predicted molar refractivity (Wildman–Crippen MR) is 67.3 cm³/mol. The molecule has 0 aliphatic carbocycles. The molecule has 0 bridgehead atoms.